The van der Waals surface area contributed by atoms with Crippen molar-refractivity contribution in [3.05, 3.63) is 0 Å². The highest BCUT2D eigenvalue weighted by Gasteiger charge is 2.18. The van der Waals surface area contributed by atoms with Crippen LogP contribution >= 0.6 is 0 Å². The van der Waals surface area contributed by atoms with E-state index in [1.807, 2.05) is 13.8 Å². The first-order chi connectivity index (χ1) is 5.89. The van der Waals surface area contributed by atoms with Crippen molar-refractivity contribution in [3.63, 3.8) is 0 Å². The lowest BCUT2D eigenvalue weighted by atomic mass is 9.83. The third-order valence-corrected chi connectivity index (χ3v) is 2.51. The van der Waals surface area contributed by atoms with Crippen LogP contribution in [0.25, 0.3) is 0 Å². The highest BCUT2D eigenvalue weighted by molar-refractivity contribution is 5.80. The van der Waals surface area contributed by atoms with Gasteiger partial charge in [0.1, 0.15) is 5.78 Å². The summed E-state index contributed by atoms with van der Waals surface area (Å²) in [5, 5.41) is 0. The Morgan fingerprint density at radius 3 is 2.23 bits per heavy atom. The Morgan fingerprint density at radius 1 is 1.31 bits per heavy atom. The summed E-state index contributed by atoms with van der Waals surface area (Å²) in [5.41, 5.74) is 5.72. The molecule has 0 aliphatic heterocycles. The van der Waals surface area contributed by atoms with E-state index in [9.17, 15) is 4.79 Å². The summed E-state index contributed by atoms with van der Waals surface area (Å²) in [6.45, 7) is 8.97. The van der Waals surface area contributed by atoms with Gasteiger partial charge in [-0.25, -0.2) is 0 Å². The van der Waals surface area contributed by atoms with Gasteiger partial charge in [0.2, 0.25) is 0 Å². The van der Waals surface area contributed by atoms with Gasteiger partial charge in [0, 0.05) is 12.3 Å². The molecule has 0 fully saturated rings. The van der Waals surface area contributed by atoms with Crippen LogP contribution in [0.15, 0.2) is 0 Å². The molecule has 0 aromatic heterocycles. The van der Waals surface area contributed by atoms with Gasteiger partial charge < -0.3 is 5.73 Å². The SMILES string of the molecule is CC(C)C(=O)CCC(C)(C)CCN. The fourth-order valence-electron chi connectivity index (χ4n) is 1.27. The molecule has 0 aromatic carbocycles. The number of Topliss-reactive ketones (excluding diaryl/α,β-unsaturated/α-hetero) is 1. The molecule has 0 saturated carbocycles. The van der Waals surface area contributed by atoms with Crippen LogP contribution in [0.1, 0.15) is 47.0 Å². The van der Waals surface area contributed by atoms with E-state index in [1.165, 1.54) is 0 Å². The Labute approximate surface area is 81.9 Å². The molecule has 78 valence electrons. The number of carbonyl (C=O) groups excluding carboxylic acids is 1. The molecule has 0 aromatic rings. The van der Waals surface area contributed by atoms with Crippen molar-refractivity contribution in [1.82, 2.24) is 0 Å². The van der Waals surface area contributed by atoms with Gasteiger partial charge in [-0.2, -0.15) is 0 Å². The van der Waals surface area contributed by atoms with E-state index >= 15 is 0 Å². The molecule has 13 heavy (non-hydrogen) atoms. The summed E-state index contributed by atoms with van der Waals surface area (Å²) < 4.78 is 0. The molecule has 0 rings (SSSR count). The lowest BCUT2D eigenvalue weighted by molar-refractivity contribution is -0.122. The zero-order chi connectivity index (χ0) is 10.5. The first-order valence-corrected chi connectivity index (χ1v) is 5.12. The molecule has 0 spiro atoms. The first kappa shape index (κ1) is 12.6. The quantitative estimate of drug-likeness (QED) is 0.690. The lowest BCUT2D eigenvalue weighted by Gasteiger charge is -2.23. The zero-order valence-corrected chi connectivity index (χ0v) is 9.39. The molecule has 0 aliphatic carbocycles. The Hall–Kier alpha value is -0.370. The Bertz CT molecular complexity index is 161. The summed E-state index contributed by atoms with van der Waals surface area (Å²) >= 11 is 0. The predicted octanol–water partition coefficient (Wildman–Crippen LogP) is 2.37. The smallest absolute Gasteiger partial charge is 0.135 e. The van der Waals surface area contributed by atoms with Crippen molar-refractivity contribution in [2.75, 3.05) is 6.54 Å². The van der Waals surface area contributed by atoms with Crippen molar-refractivity contribution in [2.24, 2.45) is 17.1 Å². The van der Waals surface area contributed by atoms with Gasteiger partial charge in [0.15, 0.2) is 0 Å². The second kappa shape index (κ2) is 5.38. The van der Waals surface area contributed by atoms with E-state index in [1.54, 1.807) is 0 Å². The maximum absolute atomic E-state index is 11.4. The van der Waals surface area contributed by atoms with Crippen LogP contribution in [0.3, 0.4) is 0 Å². The van der Waals surface area contributed by atoms with Crippen LogP contribution in [0.2, 0.25) is 0 Å². The van der Waals surface area contributed by atoms with Crippen molar-refractivity contribution < 1.29 is 4.79 Å². The number of carbonyl (C=O) groups is 1. The van der Waals surface area contributed by atoms with Crippen LogP contribution in [0.4, 0.5) is 0 Å². The second-order valence-electron chi connectivity index (χ2n) is 4.82. The molecule has 2 nitrogen and oxygen atoms in total. The maximum atomic E-state index is 11.4. The minimum absolute atomic E-state index is 0.175. The van der Waals surface area contributed by atoms with Gasteiger partial charge in [-0.15, -0.1) is 0 Å². The number of nitrogens with two attached hydrogens (primary N) is 1. The number of rotatable bonds is 6. The Kier molecular flexibility index (Phi) is 5.23. The van der Waals surface area contributed by atoms with Crippen molar-refractivity contribution in [1.29, 1.82) is 0 Å². The summed E-state index contributed by atoms with van der Waals surface area (Å²) in [5.74, 6) is 0.541. The normalized spacial score (nSPS) is 12.2. The molecule has 2 N–H and O–H groups in total. The van der Waals surface area contributed by atoms with Crippen LogP contribution < -0.4 is 5.73 Å². The molecular weight excluding hydrogens is 162 g/mol. The zero-order valence-electron chi connectivity index (χ0n) is 9.39. The van der Waals surface area contributed by atoms with E-state index in [4.69, 9.17) is 5.73 Å². The standard InChI is InChI=1S/C11H23NO/c1-9(2)10(13)5-6-11(3,4)7-8-12/h9H,5-8,12H2,1-4H3. The van der Waals surface area contributed by atoms with E-state index < -0.39 is 0 Å². The first-order valence-electron chi connectivity index (χ1n) is 5.12. The molecule has 0 radical (unpaired) electrons. The van der Waals surface area contributed by atoms with Gasteiger partial charge in [-0.3, -0.25) is 4.79 Å². The number of hydrogen-bond donors (Lipinski definition) is 1. The topological polar surface area (TPSA) is 43.1 Å². The van der Waals surface area contributed by atoms with E-state index in [0.717, 1.165) is 12.8 Å². The third-order valence-electron chi connectivity index (χ3n) is 2.51. The Morgan fingerprint density at radius 2 is 1.85 bits per heavy atom. The molecule has 0 unspecified atom stereocenters. The maximum Gasteiger partial charge on any atom is 0.135 e. The van der Waals surface area contributed by atoms with Gasteiger partial charge >= 0.3 is 0 Å². The largest absolute Gasteiger partial charge is 0.330 e. The molecule has 0 bridgehead atoms. The van der Waals surface area contributed by atoms with Gasteiger partial charge in [0.25, 0.3) is 0 Å². The summed E-state index contributed by atoms with van der Waals surface area (Å²) in [6.07, 6.45) is 2.66. The molecule has 0 heterocycles. The lowest BCUT2D eigenvalue weighted by Crippen LogP contribution is -2.19. The average molecular weight is 185 g/mol. The molecule has 0 amide bonds. The summed E-state index contributed by atoms with van der Waals surface area (Å²) in [7, 11) is 0. The molecular formula is C11H23NO. The van der Waals surface area contributed by atoms with Crippen LogP contribution in [-0.4, -0.2) is 12.3 Å². The van der Waals surface area contributed by atoms with Crippen molar-refractivity contribution in [3.8, 4) is 0 Å². The number of hydrogen-bond acceptors (Lipinski definition) is 2. The molecule has 2 heteroatoms. The summed E-state index contributed by atoms with van der Waals surface area (Å²) in [4.78, 5) is 11.4. The predicted molar refractivity (Wildman–Crippen MR) is 56.5 cm³/mol. The Balaban J connectivity index is 3.80. The van der Waals surface area contributed by atoms with Crippen LogP contribution in [0.5, 0.6) is 0 Å². The monoisotopic (exact) mass is 185 g/mol. The van der Waals surface area contributed by atoms with Crippen molar-refractivity contribution in [2.45, 2.75) is 47.0 Å². The fraction of sp³-hybridized carbons (Fsp3) is 0.909. The molecule has 0 atom stereocenters. The highest BCUT2D eigenvalue weighted by atomic mass is 16.1. The van der Waals surface area contributed by atoms with E-state index in [0.29, 0.717) is 18.7 Å². The molecule has 0 aliphatic rings. The van der Waals surface area contributed by atoms with Crippen LogP contribution in [0, 0.1) is 11.3 Å². The number of ketones is 1. The van der Waals surface area contributed by atoms with E-state index in [-0.39, 0.29) is 11.3 Å². The molecule has 0 saturated heterocycles. The second-order valence-corrected chi connectivity index (χ2v) is 4.82. The highest BCUT2D eigenvalue weighted by Crippen LogP contribution is 2.26. The van der Waals surface area contributed by atoms with Gasteiger partial charge in [-0.1, -0.05) is 27.7 Å². The van der Waals surface area contributed by atoms with Crippen molar-refractivity contribution >= 4 is 5.78 Å². The minimum Gasteiger partial charge on any atom is -0.330 e. The fourth-order valence-corrected chi connectivity index (χ4v) is 1.27. The van der Waals surface area contributed by atoms with Gasteiger partial charge in [0.05, 0.1) is 0 Å². The van der Waals surface area contributed by atoms with E-state index in [2.05, 4.69) is 13.8 Å². The third kappa shape index (κ3) is 5.81. The average Bonchev–Trinajstić information content (AvgIpc) is 2.00. The summed E-state index contributed by atoms with van der Waals surface area (Å²) in [6, 6.07) is 0. The minimum atomic E-state index is 0.175. The van der Waals surface area contributed by atoms with Gasteiger partial charge in [-0.05, 0) is 24.8 Å². The van der Waals surface area contributed by atoms with Crippen LogP contribution in [-0.2, 0) is 4.79 Å².